The number of rotatable bonds is 8. The van der Waals surface area contributed by atoms with Gasteiger partial charge in [-0.3, -0.25) is 4.98 Å². The van der Waals surface area contributed by atoms with Gasteiger partial charge in [0.2, 0.25) is 0 Å². The molecular weight excluding hydrogens is 532 g/mol. The summed E-state index contributed by atoms with van der Waals surface area (Å²) in [5, 5.41) is 4.19. The van der Waals surface area contributed by atoms with Crippen molar-refractivity contribution in [3.63, 3.8) is 0 Å². The molecule has 2 aromatic heterocycles. The van der Waals surface area contributed by atoms with E-state index >= 15 is 0 Å². The maximum atomic E-state index is 6.08. The maximum Gasteiger partial charge on any atom is 0.174 e. The van der Waals surface area contributed by atoms with Crippen LogP contribution in [0, 0.1) is 6.92 Å². The number of thiocarbonyl (C=S) groups is 1. The molecule has 7 nitrogen and oxygen atoms in total. The second-order valence-corrected chi connectivity index (χ2v) is 10.1. The number of aryl methyl sites for hydroxylation is 1. The highest BCUT2D eigenvalue weighted by Crippen LogP contribution is 2.43. The molecule has 1 aliphatic heterocycles. The lowest BCUT2D eigenvalue weighted by Crippen LogP contribution is -2.30. The molecule has 6 rings (SSSR count). The van der Waals surface area contributed by atoms with Crippen LogP contribution in [-0.4, -0.2) is 28.9 Å². The topological polar surface area (TPSA) is 60.8 Å². The fourth-order valence-electron chi connectivity index (χ4n) is 5.26. The van der Waals surface area contributed by atoms with Gasteiger partial charge >= 0.3 is 0 Å². The Morgan fingerprint density at radius 2 is 1.29 bits per heavy atom. The van der Waals surface area contributed by atoms with Crippen molar-refractivity contribution in [3.8, 4) is 28.7 Å². The maximum absolute atomic E-state index is 6.08. The minimum atomic E-state index is -0.165. The van der Waals surface area contributed by atoms with E-state index in [9.17, 15) is 0 Å². The molecule has 0 bridgehead atoms. The van der Waals surface area contributed by atoms with Crippen LogP contribution in [0.4, 0.5) is 5.69 Å². The SMILES string of the molecule is COc1ccc(Oc2ccc(N3C(=S)N[C@@H](c4ccccn4)[C@H]3c3ccc(C)n3-c3ccc(OC)cc3)cc2)cc1. The van der Waals surface area contributed by atoms with Gasteiger partial charge in [-0.2, -0.15) is 0 Å². The van der Waals surface area contributed by atoms with Crippen LogP contribution in [0.25, 0.3) is 5.69 Å². The van der Waals surface area contributed by atoms with Crippen molar-refractivity contribution in [2.45, 2.75) is 19.0 Å². The number of anilines is 1. The molecular formula is C33H30N4O3S. The highest BCUT2D eigenvalue weighted by Gasteiger charge is 2.42. The van der Waals surface area contributed by atoms with Crippen LogP contribution < -0.4 is 24.4 Å². The lowest BCUT2D eigenvalue weighted by atomic mass is 10.0. The van der Waals surface area contributed by atoms with E-state index in [0.717, 1.165) is 51.5 Å². The molecule has 0 amide bonds. The minimum Gasteiger partial charge on any atom is -0.497 e. The highest BCUT2D eigenvalue weighted by atomic mass is 32.1. The molecule has 5 aromatic rings. The fourth-order valence-corrected chi connectivity index (χ4v) is 5.61. The summed E-state index contributed by atoms with van der Waals surface area (Å²) in [5.41, 5.74) is 5.12. The van der Waals surface area contributed by atoms with Crippen molar-refractivity contribution < 1.29 is 14.2 Å². The summed E-state index contributed by atoms with van der Waals surface area (Å²) in [6.45, 7) is 2.11. The summed E-state index contributed by atoms with van der Waals surface area (Å²) in [6.07, 6.45) is 1.82. The highest BCUT2D eigenvalue weighted by molar-refractivity contribution is 7.80. The van der Waals surface area contributed by atoms with Crippen molar-refractivity contribution in [1.82, 2.24) is 14.9 Å². The molecule has 1 aliphatic rings. The zero-order valence-electron chi connectivity index (χ0n) is 23.0. The standard InChI is InChI=1S/C33H30N4O3S/c1-22-7-20-30(36(22)23-8-12-25(38-2)13-9-23)32-31(29-6-4-5-21-34-29)35-33(41)37(32)24-10-14-27(15-11-24)40-28-18-16-26(39-3)17-19-28/h4-21,31-32H,1-3H3,(H,35,41)/t31-,32+/m0/s1. The summed E-state index contributed by atoms with van der Waals surface area (Å²) in [7, 11) is 3.32. The van der Waals surface area contributed by atoms with Crippen LogP contribution in [0.15, 0.2) is 109 Å². The van der Waals surface area contributed by atoms with E-state index in [1.54, 1.807) is 14.2 Å². The van der Waals surface area contributed by atoms with Crippen LogP contribution in [-0.2, 0) is 0 Å². The van der Waals surface area contributed by atoms with Crippen molar-refractivity contribution >= 4 is 23.0 Å². The summed E-state index contributed by atoms with van der Waals surface area (Å²) in [4.78, 5) is 6.87. The van der Waals surface area contributed by atoms with E-state index in [4.69, 9.17) is 31.4 Å². The van der Waals surface area contributed by atoms with Crippen molar-refractivity contribution in [3.05, 3.63) is 126 Å². The monoisotopic (exact) mass is 562 g/mol. The van der Waals surface area contributed by atoms with E-state index in [1.807, 2.05) is 85.1 Å². The zero-order valence-corrected chi connectivity index (χ0v) is 23.8. The van der Waals surface area contributed by atoms with E-state index < -0.39 is 0 Å². The van der Waals surface area contributed by atoms with Crippen molar-refractivity contribution in [2.75, 3.05) is 19.1 Å². The molecule has 8 heteroatoms. The van der Waals surface area contributed by atoms with E-state index in [0.29, 0.717) is 5.11 Å². The van der Waals surface area contributed by atoms with Gasteiger partial charge in [0.1, 0.15) is 29.0 Å². The Kier molecular flexibility index (Phi) is 7.31. The largest absolute Gasteiger partial charge is 0.497 e. The van der Waals surface area contributed by atoms with Gasteiger partial charge in [0.15, 0.2) is 5.11 Å². The number of hydrogen-bond donors (Lipinski definition) is 1. The number of aromatic nitrogens is 2. The molecule has 0 radical (unpaired) electrons. The predicted molar refractivity (Wildman–Crippen MR) is 164 cm³/mol. The number of ether oxygens (including phenoxy) is 3. The van der Waals surface area contributed by atoms with Gasteiger partial charge in [0.25, 0.3) is 0 Å². The lowest BCUT2D eigenvalue weighted by Gasteiger charge is -2.29. The molecule has 0 saturated carbocycles. The van der Waals surface area contributed by atoms with E-state index in [1.165, 1.54) is 0 Å². The second-order valence-electron chi connectivity index (χ2n) is 9.70. The summed E-state index contributed by atoms with van der Waals surface area (Å²) >= 11 is 5.96. The van der Waals surface area contributed by atoms with Crippen molar-refractivity contribution in [2.24, 2.45) is 0 Å². The number of pyridine rings is 1. The Morgan fingerprint density at radius 1 is 0.707 bits per heavy atom. The number of nitrogens with one attached hydrogen (secondary N) is 1. The van der Waals surface area contributed by atoms with Gasteiger partial charge in [-0.1, -0.05) is 6.07 Å². The summed E-state index contributed by atoms with van der Waals surface area (Å²) in [5.74, 6) is 3.06. The second kappa shape index (κ2) is 11.3. The first-order valence-corrected chi connectivity index (χ1v) is 13.7. The molecule has 206 valence electrons. The first kappa shape index (κ1) is 26.4. The van der Waals surface area contributed by atoms with E-state index in [2.05, 4.69) is 46.0 Å². The summed E-state index contributed by atoms with van der Waals surface area (Å²) in [6, 6.07) is 33.6. The molecule has 3 heterocycles. The predicted octanol–water partition coefficient (Wildman–Crippen LogP) is 7.17. The van der Waals surface area contributed by atoms with Crippen LogP contribution in [0.1, 0.15) is 29.2 Å². The van der Waals surface area contributed by atoms with Crippen molar-refractivity contribution in [1.29, 1.82) is 0 Å². The zero-order chi connectivity index (χ0) is 28.3. The smallest absolute Gasteiger partial charge is 0.174 e. The number of hydrogen-bond acceptors (Lipinski definition) is 5. The Labute approximate surface area is 244 Å². The molecule has 3 aromatic carbocycles. The van der Waals surface area contributed by atoms with Gasteiger partial charge in [0, 0.05) is 29.0 Å². The molecule has 1 N–H and O–H groups in total. The summed E-state index contributed by atoms with van der Waals surface area (Å²) < 4.78 is 19.0. The molecule has 1 saturated heterocycles. The quantitative estimate of drug-likeness (QED) is 0.201. The Balaban J connectivity index is 1.38. The van der Waals surface area contributed by atoms with Gasteiger partial charge < -0.3 is 29.0 Å². The van der Waals surface area contributed by atoms with Crippen LogP contribution in [0.5, 0.6) is 23.0 Å². The third-order valence-electron chi connectivity index (χ3n) is 7.25. The van der Waals surface area contributed by atoms with Crippen LogP contribution in [0.2, 0.25) is 0 Å². The van der Waals surface area contributed by atoms with E-state index in [-0.39, 0.29) is 12.1 Å². The third-order valence-corrected chi connectivity index (χ3v) is 7.56. The minimum absolute atomic E-state index is 0.162. The molecule has 0 aliphatic carbocycles. The Bertz CT molecular complexity index is 1640. The van der Waals surface area contributed by atoms with Gasteiger partial charge in [-0.15, -0.1) is 0 Å². The molecule has 41 heavy (non-hydrogen) atoms. The molecule has 2 atom stereocenters. The normalized spacial score (nSPS) is 16.4. The average molecular weight is 563 g/mol. The number of nitrogens with zero attached hydrogens (tertiary/aromatic N) is 3. The lowest BCUT2D eigenvalue weighted by molar-refractivity contribution is 0.413. The number of methoxy groups -OCH3 is 2. The Hall–Kier alpha value is -4.82. The van der Waals surface area contributed by atoms with Crippen LogP contribution >= 0.6 is 12.2 Å². The molecule has 1 fully saturated rings. The van der Waals surface area contributed by atoms with Crippen LogP contribution in [0.3, 0.4) is 0 Å². The van der Waals surface area contributed by atoms with Gasteiger partial charge in [0.05, 0.1) is 26.0 Å². The molecule has 0 unspecified atom stereocenters. The van der Waals surface area contributed by atoms with Gasteiger partial charge in [-0.05, 0) is 116 Å². The fraction of sp³-hybridized carbons (Fsp3) is 0.152. The van der Waals surface area contributed by atoms with Gasteiger partial charge in [-0.25, -0.2) is 0 Å². The first-order valence-electron chi connectivity index (χ1n) is 13.3. The molecule has 0 spiro atoms. The number of benzene rings is 3. The first-order chi connectivity index (χ1) is 20.1. The third kappa shape index (κ3) is 5.21. The average Bonchev–Trinajstić information content (AvgIpc) is 3.57. The Morgan fingerprint density at radius 3 is 1.90 bits per heavy atom.